The first-order valence-corrected chi connectivity index (χ1v) is 9.82. The van der Waals surface area contributed by atoms with Crippen LogP contribution in [-0.2, 0) is 11.2 Å². The fourth-order valence-corrected chi connectivity index (χ4v) is 3.56. The van der Waals surface area contributed by atoms with Crippen LogP contribution in [0.2, 0.25) is 0 Å². The van der Waals surface area contributed by atoms with E-state index in [0.29, 0.717) is 12.2 Å². The van der Waals surface area contributed by atoms with Crippen LogP contribution in [0.4, 0.5) is 20.3 Å². The van der Waals surface area contributed by atoms with E-state index in [4.69, 9.17) is 9.15 Å². The van der Waals surface area contributed by atoms with Gasteiger partial charge in [0.2, 0.25) is 5.89 Å². The standard InChI is InChI=1S/C20H18F2N6O4/c1-2-10-6-23-19(31-10)16-14(29)15(30)20(32-16)28-8-26-13-17(24-7-25-18(13)28)27-12-4-3-9(21)5-11(12)22/h3-8,14-16,20,29-30H,2H2,1H3,(H,24,25,27)/t14-,15+,16-,20+/m0/s1. The molecule has 12 heteroatoms. The molecule has 4 atom stereocenters. The van der Waals surface area contributed by atoms with Crippen molar-refractivity contribution in [3.05, 3.63) is 60.3 Å². The van der Waals surface area contributed by atoms with Gasteiger partial charge < -0.3 is 24.7 Å². The normalized spacial score (nSPS) is 23.2. The summed E-state index contributed by atoms with van der Waals surface area (Å²) in [6.07, 6.45) is 0.0989. The number of anilines is 2. The Kier molecular flexibility index (Phi) is 5.04. The summed E-state index contributed by atoms with van der Waals surface area (Å²) in [7, 11) is 0. The van der Waals surface area contributed by atoms with Gasteiger partial charge in [0.1, 0.15) is 35.9 Å². The van der Waals surface area contributed by atoms with Crippen molar-refractivity contribution < 1.29 is 28.1 Å². The van der Waals surface area contributed by atoms with Gasteiger partial charge in [-0.3, -0.25) is 4.57 Å². The second-order valence-corrected chi connectivity index (χ2v) is 7.24. The van der Waals surface area contributed by atoms with Gasteiger partial charge in [0.15, 0.2) is 29.3 Å². The van der Waals surface area contributed by atoms with Crippen LogP contribution in [0.3, 0.4) is 0 Å². The first-order valence-electron chi connectivity index (χ1n) is 9.82. The molecule has 0 radical (unpaired) electrons. The number of hydrogen-bond donors (Lipinski definition) is 3. The van der Waals surface area contributed by atoms with Crippen molar-refractivity contribution in [2.75, 3.05) is 5.32 Å². The molecule has 32 heavy (non-hydrogen) atoms. The molecule has 0 aliphatic carbocycles. The average Bonchev–Trinajstić information content (AvgIpc) is 3.49. The Morgan fingerprint density at radius 1 is 1.12 bits per heavy atom. The van der Waals surface area contributed by atoms with Crippen LogP contribution in [0.1, 0.15) is 30.9 Å². The van der Waals surface area contributed by atoms with Gasteiger partial charge in [-0.05, 0) is 12.1 Å². The van der Waals surface area contributed by atoms with E-state index in [0.717, 1.165) is 12.1 Å². The topological polar surface area (TPSA) is 131 Å². The lowest BCUT2D eigenvalue weighted by Gasteiger charge is -2.16. The molecule has 0 bridgehead atoms. The molecular formula is C20H18F2N6O4. The minimum absolute atomic E-state index is 0.00390. The van der Waals surface area contributed by atoms with Crippen molar-refractivity contribution in [1.82, 2.24) is 24.5 Å². The zero-order valence-corrected chi connectivity index (χ0v) is 16.7. The molecule has 3 N–H and O–H groups in total. The second kappa shape index (κ2) is 7.89. The Morgan fingerprint density at radius 3 is 2.72 bits per heavy atom. The number of imidazole rings is 1. The molecular weight excluding hydrogens is 426 g/mol. The molecule has 4 heterocycles. The number of hydrogen-bond acceptors (Lipinski definition) is 9. The number of aryl methyl sites for hydroxylation is 1. The minimum atomic E-state index is -1.32. The molecule has 1 aromatic carbocycles. The van der Waals surface area contributed by atoms with Gasteiger partial charge in [-0.25, -0.2) is 28.7 Å². The number of nitrogens with one attached hydrogen (secondary N) is 1. The van der Waals surface area contributed by atoms with Crippen LogP contribution in [0.5, 0.6) is 0 Å². The zero-order chi connectivity index (χ0) is 22.4. The van der Waals surface area contributed by atoms with Crippen LogP contribution in [0.25, 0.3) is 11.2 Å². The summed E-state index contributed by atoms with van der Waals surface area (Å²) in [5.41, 5.74) is 0.530. The first-order chi connectivity index (χ1) is 15.5. The lowest BCUT2D eigenvalue weighted by atomic mass is 10.1. The molecule has 166 valence electrons. The second-order valence-electron chi connectivity index (χ2n) is 7.24. The van der Waals surface area contributed by atoms with Gasteiger partial charge in [0.25, 0.3) is 0 Å². The predicted octanol–water partition coefficient (Wildman–Crippen LogP) is 2.39. The number of aliphatic hydroxyl groups excluding tert-OH is 2. The molecule has 1 saturated heterocycles. The van der Waals surface area contributed by atoms with E-state index in [1.165, 1.54) is 29.5 Å². The largest absolute Gasteiger partial charge is 0.443 e. The van der Waals surface area contributed by atoms with Crippen LogP contribution in [-0.4, -0.2) is 46.9 Å². The Labute approximate surface area is 179 Å². The van der Waals surface area contributed by atoms with Gasteiger partial charge in [-0.15, -0.1) is 0 Å². The highest BCUT2D eigenvalue weighted by Crippen LogP contribution is 2.40. The number of fused-ring (bicyclic) bond motifs is 1. The summed E-state index contributed by atoms with van der Waals surface area (Å²) in [5, 5.41) is 23.9. The van der Waals surface area contributed by atoms with Crippen LogP contribution < -0.4 is 5.32 Å². The predicted molar refractivity (Wildman–Crippen MR) is 106 cm³/mol. The van der Waals surface area contributed by atoms with Gasteiger partial charge in [-0.2, -0.15) is 0 Å². The van der Waals surface area contributed by atoms with Crippen LogP contribution in [0, 0.1) is 11.6 Å². The molecule has 4 aromatic rings. The SMILES string of the molecule is CCc1cnc([C@H]2O[C@@H](n3cnc4c(Nc5ccc(F)cc5F)ncnc43)[C@H](O)[C@@H]2O)o1. The monoisotopic (exact) mass is 444 g/mol. The number of aliphatic hydroxyl groups is 2. The Hall–Kier alpha value is -3.48. The van der Waals surface area contributed by atoms with Crippen molar-refractivity contribution in [1.29, 1.82) is 0 Å². The van der Waals surface area contributed by atoms with Crippen LogP contribution in [0.15, 0.2) is 41.5 Å². The van der Waals surface area contributed by atoms with E-state index < -0.39 is 36.2 Å². The maximum Gasteiger partial charge on any atom is 0.226 e. The Bertz CT molecular complexity index is 1280. The number of oxazole rings is 1. The summed E-state index contributed by atoms with van der Waals surface area (Å²) in [6.45, 7) is 1.90. The highest BCUT2D eigenvalue weighted by molar-refractivity contribution is 5.85. The molecule has 1 aliphatic heterocycles. The van der Waals surface area contributed by atoms with Gasteiger partial charge in [0, 0.05) is 12.5 Å². The van der Waals surface area contributed by atoms with Crippen molar-refractivity contribution in [3.63, 3.8) is 0 Å². The maximum atomic E-state index is 14.0. The summed E-state index contributed by atoms with van der Waals surface area (Å²) in [6, 6.07) is 3.09. The smallest absolute Gasteiger partial charge is 0.226 e. The zero-order valence-electron chi connectivity index (χ0n) is 16.7. The Morgan fingerprint density at radius 2 is 1.97 bits per heavy atom. The molecule has 1 fully saturated rings. The van der Waals surface area contributed by atoms with E-state index in [-0.39, 0.29) is 28.6 Å². The third kappa shape index (κ3) is 3.38. The summed E-state index contributed by atoms with van der Waals surface area (Å²) >= 11 is 0. The molecule has 1 aliphatic rings. The molecule has 10 nitrogen and oxygen atoms in total. The Balaban J connectivity index is 1.47. The number of benzene rings is 1. The van der Waals surface area contributed by atoms with Crippen molar-refractivity contribution >= 4 is 22.7 Å². The maximum absolute atomic E-state index is 14.0. The molecule has 0 unspecified atom stereocenters. The highest BCUT2D eigenvalue weighted by atomic mass is 19.1. The van der Waals surface area contributed by atoms with E-state index in [9.17, 15) is 19.0 Å². The average molecular weight is 444 g/mol. The fourth-order valence-electron chi connectivity index (χ4n) is 3.56. The number of halogens is 2. The van der Waals surface area contributed by atoms with Gasteiger partial charge >= 0.3 is 0 Å². The molecule has 5 rings (SSSR count). The lowest BCUT2D eigenvalue weighted by Crippen LogP contribution is -2.29. The van der Waals surface area contributed by atoms with Crippen molar-refractivity contribution in [2.45, 2.75) is 37.9 Å². The first kappa shape index (κ1) is 20.4. The molecule has 0 amide bonds. The molecule has 0 spiro atoms. The van der Waals surface area contributed by atoms with Crippen LogP contribution >= 0.6 is 0 Å². The van der Waals surface area contributed by atoms with Crippen molar-refractivity contribution in [3.8, 4) is 0 Å². The van der Waals surface area contributed by atoms with E-state index in [1.54, 1.807) is 0 Å². The lowest BCUT2D eigenvalue weighted by molar-refractivity contribution is -0.0439. The van der Waals surface area contributed by atoms with Crippen molar-refractivity contribution in [2.24, 2.45) is 0 Å². The third-order valence-corrected chi connectivity index (χ3v) is 5.22. The third-order valence-electron chi connectivity index (χ3n) is 5.22. The number of nitrogens with zero attached hydrogens (tertiary/aromatic N) is 5. The summed E-state index contributed by atoms with van der Waals surface area (Å²) in [4.78, 5) is 16.6. The fraction of sp³-hybridized carbons (Fsp3) is 0.300. The van der Waals surface area contributed by atoms with E-state index in [2.05, 4.69) is 25.3 Å². The van der Waals surface area contributed by atoms with Gasteiger partial charge in [0.05, 0.1) is 18.2 Å². The summed E-state index contributed by atoms with van der Waals surface area (Å²) < 4.78 is 40.1. The van der Waals surface area contributed by atoms with E-state index >= 15 is 0 Å². The molecule has 3 aromatic heterocycles. The van der Waals surface area contributed by atoms with Gasteiger partial charge in [-0.1, -0.05) is 6.92 Å². The minimum Gasteiger partial charge on any atom is -0.443 e. The number of rotatable bonds is 5. The summed E-state index contributed by atoms with van der Waals surface area (Å²) in [5.74, 6) is -0.552. The molecule has 0 saturated carbocycles. The number of aromatic nitrogens is 5. The highest BCUT2D eigenvalue weighted by Gasteiger charge is 2.47. The number of ether oxygens (including phenoxy) is 1. The quantitative estimate of drug-likeness (QED) is 0.425. The van der Waals surface area contributed by atoms with E-state index in [1.807, 2.05) is 6.92 Å².